The van der Waals surface area contributed by atoms with Crippen molar-refractivity contribution in [1.82, 2.24) is 15.2 Å². The van der Waals surface area contributed by atoms with Crippen LogP contribution in [0.1, 0.15) is 51.4 Å². The highest BCUT2D eigenvalue weighted by atomic mass is 15.2. The van der Waals surface area contributed by atoms with Crippen molar-refractivity contribution >= 4 is 5.95 Å². The molecule has 1 rings (SSSR count). The van der Waals surface area contributed by atoms with Crippen LogP contribution in [-0.2, 0) is 12.8 Å². The number of aromatic nitrogens is 3. The molecule has 0 aromatic carbocycles. The molecule has 0 aliphatic carbocycles. The van der Waals surface area contributed by atoms with Gasteiger partial charge in [-0.25, -0.2) is 4.98 Å². The van der Waals surface area contributed by atoms with Crippen molar-refractivity contribution in [2.24, 2.45) is 5.73 Å². The minimum atomic E-state index is 0.240. The SMILES string of the molecule is CCCCC(CN)Nc1nnc(CC)c(CC)n1. The molecule has 102 valence electrons. The molecule has 0 spiro atoms. The second-order valence-corrected chi connectivity index (χ2v) is 4.46. The van der Waals surface area contributed by atoms with Gasteiger partial charge < -0.3 is 11.1 Å². The lowest BCUT2D eigenvalue weighted by Gasteiger charge is -2.16. The summed E-state index contributed by atoms with van der Waals surface area (Å²) >= 11 is 0. The number of hydrogen-bond donors (Lipinski definition) is 2. The van der Waals surface area contributed by atoms with Crippen LogP contribution in [0, 0.1) is 0 Å². The van der Waals surface area contributed by atoms with Gasteiger partial charge in [-0.15, -0.1) is 5.10 Å². The zero-order valence-corrected chi connectivity index (χ0v) is 11.7. The van der Waals surface area contributed by atoms with Crippen molar-refractivity contribution < 1.29 is 0 Å². The predicted molar refractivity (Wildman–Crippen MR) is 74.6 cm³/mol. The van der Waals surface area contributed by atoms with Crippen LogP contribution < -0.4 is 11.1 Å². The Hall–Kier alpha value is -1.23. The van der Waals surface area contributed by atoms with E-state index in [-0.39, 0.29) is 6.04 Å². The number of unbranched alkanes of at least 4 members (excludes halogenated alkanes) is 1. The fraction of sp³-hybridized carbons (Fsp3) is 0.769. The van der Waals surface area contributed by atoms with Crippen LogP contribution in [0.15, 0.2) is 0 Å². The van der Waals surface area contributed by atoms with Gasteiger partial charge in [0.05, 0.1) is 11.4 Å². The Bertz CT molecular complexity index is 353. The Morgan fingerprint density at radius 3 is 2.39 bits per heavy atom. The summed E-state index contributed by atoms with van der Waals surface area (Å²) in [6.45, 7) is 6.93. The van der Waals surface area contributed by atoms with Crippen LogP contribution in [0.3, 0.4) is 0 Å². The minimum absolute atomic E-state index is 0.240. The molecule has 0 fully saturated rings. The van der Waals surface area contributed by atoms with E-state index < -0.39 is 0 Å². The molecule has 3 N–H and O–H groups in total. The van der Waals surface area contributed by atoms with Crippen LogP contribution in [0.25, 0.3) is 0 Å². The van der Waals surface area contributed by atoms with Gasteiger partial charge in [-0.1, -0.05) is 33.6 Å². The summed E-state index contributed by atoms with van der Waals surface area (Å²) in [5.41, 5.74) is 7.77. The maximum absolute atomic E-state index is 5.75. The van der Waals surface area contributed by atoms with E-state index >= 15 is 0 Å². The summed E-state index contributed by atoms with van der Waals surface area (Å²) in [4.78, 5) is 4.52. The highest BCUT2D eigenvalue weighted by Gasteiger charge is 2.10. The lowest BCUT2D eigenvalue weighted by molar-refractivity contribution is 0.607. The van der Waals surface area contributed by atoms with Crippen molar-refractivity contribution in [3.8, 4) is 0 Å². The maximum atomic E-state index is 5.75. The molecule has 5 nitrogen and oxygen atoms in total. The van der Waals surface area contributed by atoms with Crippen molar-refractivity contribution in [3.63, 3.8) is 0 Å². The van der Waals surface area contributed by atoms with Crippen LogP contribution in [0.5, 0.6) is 0 Å². The average Bonchev–Trinajstić information content (AvgIpc) is 2.43. The van der Waals surface area contributed by atoms with E-state index in [9.17, 15) is 0 Å². The molecule has 0 amide bonds. The van der Waals surface area contributed by atoms with E-state index in [0.29, 0.717) is 12.5 Å². The summed E-state index contributed by atoms with van der Waals surface area (Å²) < 4.78 is 0. The second-order valence-electron chi connectivity index (χ2n) is 4.46. The summed E-state index contributed by atoms with van der Waals surface area (Å²) in [5, 5.41) is 11.6. The van der Waals surface area contributed by atoms with Gasteiger partial charge in [-0.3, -0.25) is 0 Å². The smallest absolute Gasteiger partial charge is 0.243 e. The van der Waals surface area contributed by atoms with Crippen LogP contribution in [0.2, 0.25) is 0 Å². The summed E-state index contributed by atoms with van der Waals surface area (Å²) in [6.07, 6.45) is 5.14. The first-order valence-corrected chi connectivity index (χ1v) is 6.94. The van der Waals surface area contributed by atoms with Gasteiger partial charge in [-0.2, -0.15) is 5.10 Å². The summed E-state index contributed by atoms with van der Waals surface area (Å²) in [5.74, 6) is 0.607. The van der Waals surface area contributed by atoms with E-state index in [1.165, 1.54) is 6.42 Å². The Morgan fingerprint density at radius 1 is 1.11 bits per heavy atom. The fourth-order valence-corrected chi connectivity index (χ4v) is 1.88. The Kier molecular flexibility index (Phi) is 6.57. The molecule has 0 aliphatic rings. The minimum Gasteiger partial charge on any atom is -0.349 e. The molecule has 0 radical (unpaired) electrons. The van der Waals surface area contributed by atoms with Crippen molar-refractivity contribution in [3.05, 3.63) is 11.4 Å². The quantitative estimate of drug-likeness (QED) is 0.738. The highest BCUT2D eigenvalue weighted by Crippen LogP contribution is 2.09. The number of nitrogens with zero attached hydrogens (tertiary/aromatic N) is 3. The number of hydrogen-bond acceptors (Lipinski definition) is 5. The van der Waals surface area contributed by atoms with Gasteiger partial charge in [0.1, 0.15) is 0 Å². The lowest BCUT2D eigenvalue weighted by atomic mass is 10.1. The molecule has 0 bridgehead atoms. The monoisotopic (exact) mass is 251 g/mol. The van der Waals surface area contributed by atoms with Gasteiger partial charge in [0.15, 0.2) is 0 Å². The Labute approximate surface area is 110 Å². The predicted octanol–water partition coefficient (Wildman–Crippen LogP) is 1.93. The van der Waals surface area contributed by atoms with Gasteiger partial charge >= 0.3 is 0 Å². The Morgan fingerprint density at radius 2 is 1.83 bits per heavy atom. The second kappa shape index (κ2) is 7.97. The zero-order valence-electron chi connectivity index (χ0n) is 11.7. The molecular formula is C13H25N5. The lowest BCUT2D eigenvalue weighted by Crippen LogP contribution is -2.30. The number of rotatable bonds is 8. The van der Waals surface area contributed by atoms with Gasteiger partial charge in [0.25, 0.3) is 0 Å². The molecule has 1 unspecified atom stereocenters. The number of nitrogens with one attached hydrogen (secondary N) is 1. The van der Waals surface area contributed by atoms with Gasteiger partial charge in [-0.05, 0) is 19.3 Å². The molecule has 18 heavy (non-hydrogen) atoms. The third kappa shape index (κ3) is 4.22. The third-order valence-electron chi connectivity index (χ3n) is 3.03. The molecule has 5 heteroatoms. The average molecular weight is 251 g/mol. The first-order valence-electron chi connectivity index (χ1n) is 6.94. The van der Waals surface area contributed by atoms with E-state index in [1.807, 2.05) is 0 Å². The number of anilines is 1. The normalized spacial score (nSPS) is 12.4. The van der Waals surface area contributed by atoms with Crippen LogP contribution >= 0.6 is 0 Å². The fourth-order valence-electron chi connectivity index (χ4n) is 1.88. The molecular weight excluding hydrogens is 226 g/mol. The molecule has 0 aliphatic heterocycles. The first-order chi connectivity index (χ1) is 8.74. The number of nitrogens with two attached hydrogens (primary N) is 1. The van der Waals surface area contributed by atoms with E-state index in [0.717, 1.165) is 37.1 Å². The molecule has 0 saturated heterocycles. The third-order valence-corrected chi connectivity index (χ3v) is 3.03. The largest absolute Gasteiger partial charge is 0.349 e. The molecule has 1 atom stereocenters. The van der Waals surface area contributed by atoms with E-state index in [4.69, 9.17) is 5.73 Å². The molecule has 0 saturated carbocycles. The van der Waals surface area contributed by atoms with Crippen molar-refractivity contribution in [2.75, 3.05) is 11.9 Å². The van der Waals surface area contributed by atoms with Gasteiger partial charge in [0, 0.05) is 12.6 Å². The van der Waals surface area contributed by atoms with E-state index in [2.05, 4.69) is 41.3 Å². The summed E-state index contributed by atoms with van der Waals surface area (Å²) in [6, 6.07) is 0.240. The topological polar surface area (TPSA) is 76.7 Å². The first kappa shape index (κ1) is 14.8. The van der Waals surface area contributed by atoms with Gasteiger partial charge in [0.2, 0.25) is 5.95 Å². The summed E-state index contributed by atoms with van der Waals surface area (Å²) in [7, 11) is 0. The van der Waals surface area contributed by atoms with E-state index in [1.54, 1.807) is 0 Å². The maximum Gasteiger partial charge on any atom is 0.243 e. The molecule has 1 aromatic rings. The standard InChI is InChI=1S/C13H25N5/c1-4-7-8-10(9-14)15-13-16-11(5-2)12(6-3)17-18-13/h10H,4-9,14H2,1-3H3,(H,15,16,18). The van der Waals surface area contributed by atoms with Crippen LogP contribution in [0.4, 0.5) is 5.95 Å². The van der Waals surface area contributed by atoms with Crippen LogP contribution in [-0.4, -0.2) is 27.8 Å². The van der Waals surface area contributed by atoms with Crippen molar-refractivity contribution in [1.29, 1.82) is 0 Å². The zero-order chi connectivity index (χ0) is 13.4. The number of aryl methyl sites for hydroxylation is 2. The Balaban J connectivity index is 2.71. The molecule has 1 aromatic heterocycles. The highest BCUT2D eigenvalue weighted by molar-refractivity contribution is 5.27. The van der Waals surface area contributed by atoms with Crippen molar-refractivity contribution in [2.45, 2.75) is 58.9 Å². The molecule has 1 heterocycles.